The molecule has 0 fully saturated rings. The third kappa shape index (κ3) is 2.33. The number of hydrogen-bond donors (Lipinski definition) is 1. The highest BCUT2D eigenvalue weighted by Gasteiger charge is 2.17. The molecular formula is C14H20N2O2. The van der Waals surface area contributed by atoms with Crippen LogP contribution in [-0.2, 0) is 19.9 Å². The van der Waals surface area contributed by atoms with Gasteiger partial charge in [-0.15, -0.1) is 0 Å². The van der Waals surface area contributed by atoms with Crippen molar-refractivity contribution in [1.82, 2.24) is 9.88 Å². The van der Waals surface area contributed by atoms with Crippen molar-refractivity contribution in [3.63, 3.8) is 0 Å². The normalized spacial score (nSPS) is 15.4. The Balaban J connectivity index is 2.54. The van der Waals surface area contributed by atoms with Crippen LogP contribution in [0.15, 0.2) is 10.9 Å². The van der Waals surface area contributed by atoms with E-state index in [1.807, 2.05) is 0 Å². The number of rotatable bonds is 1. The van der Waals surface area contributed by atoms with E-state index in [1.165, 1.54) is 12.8 Å². The molecule has 1 amide bonds. The van der Waals surface area contributed by atoms with Gasteiger partial charge in [-0.3, -0.25) is 9.59 Å². The van der Waals surface area contributed by atoms with Crippen LogP contribution in [0.25, 0.3) is 0 Å². The third-order valence-electron chi connectivity index (χ3n) is 3.71. The largest absolute Gasteiger partial charge is 0.355 e. The fraction of sp³-hybridized carbons (Fsp3) is 0.571. The Morgan fingerprint density at radius 3 is 2.56 bits per heavy atom. The fourth-order valence-corrected chi connectivity index (χ4v) is 2.64. The summed E-state index contributed by atoms with van der Waals surface area (Å²) in [6.07, 6.45) is 6.63. The van der Waals surface area contributed by atoms with E-state index in [0.717, 1.165) is 36.9 Å². The average Bonchev–Trinajstić information content (AvgIpc) is 2.34. The molecule has 98 valence electrons. The quantitative estimate of drug-likeness (QED) is 0.817. The number of amides is 1. The summed E-state index contributed by atoms with van der Waals surface area (Å²) in [5.41, 5.74) is 2.34. The van der Waals surface area contributed by atoms with E-state index in [1.54, 1.807) is 24.7 Å². The first-order valence-corrected chi connectivity index (χ1v) is 6.59. The highest BCUT2D eigenvalue weighted by Crippen LogP contribution is 2.19. The first kappa shape index (κ1) is 12.9. The van der Waals surface area contributed by atoms with Gasteiger partial charge in [-0.1, -0.05) is 12.8 Å². The van der Waals surface area contributed by atoms with E-state index in [2.05, 4.69) is 5.32 Å². The van der Waals surface area contributed by atoms with Gasteiger partial charge in [0.15, 0.2) is 0 Å². The molecule has 0 radical (unpaired) electrons. The molecule has 1 aromatic rings. The minimum atomic E-state index is -0.291. The number of carbonyl (C=O) groups is 1. The molecule has 1 heterocycles. The van der Waals surface area contributed by atoms with Gasteiger partial charge in [-0.2, -0.15) is 0 Å². The summed E-state index contributed by atoms with van der Waals surface area (Å²) < 4.78 is 1.66. The summed E-state index contributed by atoms with van der Waals surface area (Å²) >= 11 is 0. The summed E-state index contributed by atoms with van der Waals surface area (Å²) in [6.45, 7) is 0. The predicted molar refractivity (Wildman–Crippen MR) is 70.9 cm³/mol. The molecule has 0 saturated carbocycles. The SMILES string of the molecule is CNC(=O)c1cc2c(n(C)c1=O)CCCCCC2. The minimum absolute atomic E-state index is 0.186. The Morgan fingerprint density at radius 2 is 1.89 bits per heavy atom. The molecule has 0 aliphatic heterocycles. The van der Waals surface area contributed by atoms with Gasteiger partial charge in [-0.25, -0.2) is 0 Å². The van der Waals surface area contributed by atoms with Crippen molar-refractivity contribution in [3.05, 3.63) is 33.2 Å². The van der Waals surface area contributed by atoms with E-state index in [4.69, 9.17) is 0 Å². The number of pyridine rings is 1. The second-order valence-corrected chi connectivity index (χ2v) is 4.89. The van der Waals surface area contributed by atoms with Gasteiger partial charge in [-0.05, 0) is 37.3 Å². The number of hydrogen-bond acceptors (Lipinski definition) is 2. The predicted octanol–water partition coefficient (Wildman–Crippen LogP) is 1.40. The molecular weight excluding hydrogens is 228 g/mol. The van der Waals surface area contributed by atoms with Crippen LogP contribution in [0.2, 0.25) is 0 Å². The zero-order valence-electron chi connectivity index (χ0n) is 11.1. The van der Waals surface area contributed by atoms with Crippen LogP contribution in [0, 0.1) is 0 Å². The molecule has 0 spiro atoms. The van der Waals surface area contributed by atoms with Crippen LogP contribution in [0.1, 0.15) is 47.3 Å². The van der Waals surface area contributed by atoms with Gasteiger partial charge >= 0.3 is 0 Å². The van der Waals surface area contributed by atoms with Crippen LogP contribution in [0.5, 0.6) is 0 Å². The van der Waals surface area contributed by atoms with E-state index in [0.29, 0.717) is 0 Å². The Morgan fingerprint density at radius 1 is 1.22 bits per heavy atom. The molecule has 18 heavy (non-hydrogen) atoms. The lowest BCUT2D eigenvalue weighted by atomic mass is 9.95. The summed E-state index contributed by atoms with van der Waals surface area (Å²) in [4.78, 5) is 23.8. The van der Waals surface area contributed by atoms with Gasteiger partial charge in [0.2, 0.25) is 0 Å². The van der Waals surface area contributed by atoms with Crippen LogP contribution in [0.3, 0.4) is 0 Å². The number of carbonyl (C=O) groups excluding carboxylic acids is 1. The monoisotopic (exact) mass is 248 g/mol. The van der Waals surface area contributed by atoms with Gasteiger partial charge in [0.25, 0.3) is 11.5 Å². The molecule has 1 N–H and O–H groups in total. The molecule has 1 aliphatic rings. The smallest absolute Gasteiger partial charge is 0.263 e. The minimum Gasteiger partial charge on any atom is -0.355 e. The van der Waals surface area contributed by atoms with Crippen molar-refractivity contribution in [1.29, 1.82) is 0 Å². The standard InChI is InChI=1S/C14H20N2O2/c1-15-13(17)11-9-10-7-5-3-4-6-8-12(10)16(2)14(11)18/h9H,3-8H2,1-2H3,(H,15,17). The van der Waals surface area contributed by atoms with Crippen molar-refractivity contribution < 1.29 is 4.79 Å². The lowest BCUT2D eigenvalue weighted by molar-refractivity contribution is 0.0961. The Bertz CT molecular complexity index is 517. The average molecular weight is 248 g/mol. The van der Waals surface area contributed by atoms with Crippen LogP contribution < -0.4 is 10.9 Å². The van der Waals surface area contributed by atoms with Crippen LogP contribution >= 0.6 is 0 Å². The fourth-order valence-electron chi connectivity index (χ4n) is 2.64. The zero-order valence-corrected chi connectivity index (χ0v) is 11.1. The number of aromatic nitrogens is 1. The second kappa shape index (κ2) is 5.38. The topological polar surface area (TPSA) is 51.1 Å². The third-order valence-corrected chi connectivity index (χ3v) is 3.71. The Kier molecular flexibility index (Phi) is 3.84. The summed E-state index contributed by atoms with van der Waals surface area (Å²) in [5, 5.41) is 2.53. The molecule has 0 unspecified atom stereocenters. The molecule has 0 atom stereocenters. The van der Waals surface area contributed by atoms with Crippen molar-refractivity contribution in [2.45, 2.75) is 38.5 Å². The molecule has 0 bridgehead atoms. The van der Waals surface area contributed by atoms with Crippen molar-refractivity contribution in [3.8, 4) is 0 Å². The van der Waals surface area contributed by atoms with Crippen LogP contribution in [-0.4, -0.2) is 17.5 Å². The maximum atomic E-state index is 12.1. The molecule has 1 aromatic heterocycles. The lowest BCUT2D eigenvalue weighted by Gasteiger charge is -2.18. The van der Waals surface area contributed by atoms with E-state index in [-0.39, 0.29) is 17.0 Å². The number of nitrogens with one attached hydrogen (secondary N) is 1. The van der Waals surface area contributed by atoms with Crippen molar-refractivity contribution >= 4 is 5.91 Å². The Labute approximate surface area is 107 Å². The van der Waals surface area contributed by atoms with Crippen molar-refractivity contribution in [2.24, 2.45) is 7.05 Å². The maximum Gasteiger partial charge on any atom is 0.263 e. The van der Waals surface area contributed by atoms with Crippen LogP contribution in [0.4, 0.5) is 0 Å². The Hall–Kier alpha value is -1.58. The van der Waals surface area contributed by atoms with E-state index >= 15 is 0 Å². The van der Waals surface area contributed by atoms with Gasteiger partial charge in [0.05, 0.1) is 0 Å². The molecule has 0 saturated heterocycles. The molecule has 1 aliphatic carbocycles. The van der Waals surface area contributed by atoms with E-state index in [9.17, 15) is 9.59 Å². The zero-order chi connectivity index (χ0) is 13.1. The van der Waals surface area contributed by atoms with Gasteiger partial charge in [0, 0.05) is 19.8 Å². The first-order chi connectivity index (χ1) is 8.65. The van der Waals surface area contributed by atoms with Gasteiger partial charge < -0.3 is 9.88 Å². The highest BCUT2D eigenvalue weighted by atomic mass is 16.2. The maximum absolute atomic E-state index is 12.1. The lowest BCUT2D eigenvalue weighted by Crippen LogP contribution is -2.32. The number of nitrogens with zero attached hydrogens (tertiary/aromatic N) is 1. The summed E-state index contributed by atoms with van der Waals surface area (Å²) in [7, 11) is 3.33. The molecule has 0 aromatic carbocycles. The highest BCUT2D eigenvalue weighted by molar-refractivity contribution is 5.93. The molecule has 2 rings (SSSR count). The summed E-state index contributed by atoms with van der Waals surface area (Å²) in [6, 6.07) is 1.79. The molecule has 4 nitrogen and oxygen atoms in total. The van der Waals surface area contributed by atoms with E-state index < -0.39 is 0 Å². The van der Waals surface area contributed by atoms with Gasteiger partial charge in [0.1, 0.15) is 5.56 Å². The number of aryl methyl sites for hydroxylation is 1. The van der Waals surface area contributed by atoms with Crippen molar-refractivity contribution in [2.75, 3.05) is 7.05 Å². The first-order valence-electron chi connectivity index (χ1n) is 6.59. The number of fused-ring (bicyclic) bond motifs is 1. The second-order valence-electron chi connectivity index (χ2n) is 4.89. The molecule has 4 heteroatoms. The summed E-state index contributed by atoms with van der Waals surface area (Å²) in [5.74, 6) is -0.291.